The maximum absolute atomic E-state index is 10.5. The van der Waals surface area contributed by atoms with Crippen LogP contribution in [0, 0.1) is 0 Å². The summed E-state index contributed by atoms with van der Waals surface area (Å²) in [7, 11) is 0. The summed E-state index contributed by atoms with van der Waals surface area (Å²) in [5.41, 5.74) is 0. The van der Waals surface area contributed by atoms with E-state index in [1.165, 1.54) is 0 Å². The van der Waals surface area contributed by atoms with Crippen LogP contribution in [0.3, 0.4) is 0 Å². The van der Waals surface area contributed by atoms with Crippen LogP contribution in [-0.2, 0) is 4.79 Å². The van der Waals surface area contributed by atoms with E-state index in [1.54, 1.807) is 0 Å². The summed E-state index contributed by atoms with van der Waals surface area (Å²) in [4.78, 5) is 12.7. The van der Waals surface area contributed by atoms with Crippen LogP contribution in [0.4, 0.5) is 0 Å². The van der Waals surface area contributed by atoms with Crippen molar-refractivity contribution in [1.82, 2.24) is 10.2 Å². The van der Waals surface area contributed by atoms with E-state index in [0.29, 0.717) is 0 Å². The van der Waals surface area contributed by atoms with Gasteiger partial charge in [0.25, 0.3) is 0 Å². The molecule has 0 amide bonds. The van der Waals surface area contributed by atoms with Gasteiger partial charge >= 0.3 is 0 Å². The van der Waals surface area contributed by atoms with Crippen molar-refractivity contribution in [2.75, 3.05) is 26.2 Å². The Bertz CT molecular complexity index is 147. The lowest BCUT2D eigenvalue weighted by Crippen LogP contribution is -2.51. The summed E-state index contributed by atoms with van der Waals surface area (Å²) in [5, 5.41) is 3.17. The monoisotopic (exact) mass is 154 g/mol. The van der Waals surface area contributed by atoms with Crippen molar-refractivity contribution in [3.05, 3.63) is 12.7 Å². The molecule has 0 radical (unpaired) electrons. The van der Waals surface area contributed by atoms with Gasteiger partial charge in [-0.3, -0.25) is 4.90 Å². The molecule has 1 saturated heterocycles. The minimum absolute atomic E-state index is 0.0433. The molecule has 0 aromatic rings. The van der Waals surface area contributed by atoms with E-state index >= 15 is 0 Å². The molecule has 0 aromatic carbocycles. The van der Waals surface area contributed by atoms with E-state index in [9.17, 15) is 4.79 Å². The van der Waals surface area contributed by atoms with E-state index < -0.39 is 0 Å². The van der Waals surface area contributed by atoms with Crippen LogP contribution in [0.15, 0.2) is 12.7 Å². The van der Waals surface area contributed by atoms with Crippen LogP contribution in [0.5, 0.6) is 0 Å². The van der Waals surface area contributed by atoms with Crippen molar-refractivity contribution in [2.24, 2.45) is 0 Å². The first-order valence-corrected chi connectivity index (χ1v) is 3.89. The number of nitrogens with zero attached hydrogens (tertiary/aromatic N) is 1. The van der Waals surface area contributed by atoms with Gasteiger partial charge in [0.15, 0.2) is 0 Å². The van der Waals surface area contributed by atoms with Gasteiger partial charge in [-0.25, -0.2) is 0 Å². The highest BCUT2D eigenvalue weighted by Crippen LogP contribution is 1.99. The second-order valence-corrected chi connectivity index (χ2v) is 2.69. The largest absolute Gasteiger partial charge is 0.313 e. The Morgan fingerprint density at radius 1 is 1.73 bits per heavy atom. The van der Waals surface area contributed by atoms with Gasteiger partial charge in [-0.15, -0.1) is 6.58 Å². The lowest BCUT2D eigenvalue weighted by atomic mass is 10.2. The van der Waals surface area contributed by atoms with Crippen molar-refractivity contribution in [3.8, 4) is 0 Å². The molecule has 11 heavy (non-hydrogen) atoms. The molecule has 1 heterocycles. The van der Waals surface area contributed by atoms with Gasteiger partial charge in [0, 0.05) is 26.2 Å². The zero-order valence-electron chi connectivity index (χ0n) is 6.62. The number of aldehydes is 1. The summed E-state index contributed by atoms with van der Waals surface area (Å²) in [6, 6.07) is 0.0433. The molecule has 0 aliphatic carbocycles. The Kier molecular flexibility index (Phi) is 3.26. The molecule has 0 bridgehead atoms. The molecule has 1 aliphatic rings. The van der Waals surface area contributed by atoms with E-state index in [-0.39, 0.29) is 6.04 Å². The topological polar surface area (TPSA) is 32.3 Å². The molecule has 62 valence electrons. The van der Waals surface area contributed by atoms with Crippen molar-refractivity contribution in [2.45, 2.75) is 6.04 Å². The first-order valence-electron chi connectivity index (χ1n) is 3.89. The highest BCUT2D eigenvalue weighted by molar-refractivity contribution is 5.58. The van der Waals surface area contributed by atoms with Crippen molar-refractivity contribution in [3.63, 3.8) is 0 Å². The molecule has 3 nitrogen and oxygen atoms in total. The Morgan fingerprint density at radius 2 is 2.55 bits per heavy atom. The fraction of sp³-hybridized carbons (Fsp3) is 0.625. The van der Waals surface area contributed by atoms with E-state index in [1.807, 2.05) is 6.08 Å². The highest BCUT2D eigenvalue weighted by Gasteiger charge is 2.19. The second-order valence-electron chi connectivity index (χ2n) is 2.69. The van der Waals surface area contributed by atoms with Crippen molar-refractivity contribution >= 4 is 6.29 Å². The number of piperazine rings is 1. The standard InChI is InChI=1S/C8H14N2O/c1-2-4-10-5-3-9-6-8(10)7-11/h2,7-9H,1,3-6H2. The molecule has 1 atom stereocenters. The minimum Gasteiger partial charge on any atom is -0.313 e. The number of nitrogens with one attached hydrogen (secondary N) is 1. The van der Waals surface area contributed by atoms with Gasteiger partial charge < -0.3 is 10.1 Å². The molecule has 1 fully saturated rings. The smallest absolute Gasteiger partial charge is 0.138 e. The average Bonchev–Trinajstić information content (AvgIpc) is 2.06. The van der Waals surface area contributed by atoms with E-state index in [2.05, 4.69) is 16.8 Å². The summed E-state index contributed by atoms with van der Waals surface area (Å²) in [5.74, 6) is 0. The first-order chi connectivity index (χ1) is 5.38. The van der Waals surface area contributed by atoms with Crippen molar-refractivity contribution in [1.29, 1.82) is 0 Å². The van der Waals surface area contributed by atoms with Crippen LogP contribution < -0.4 is 5.32 Å². The van der Waals surface area contributed by atoms with Gasteiger partial charge in [0.2, 0.25) is 0 Å². The zero-order chi connectivity index (χ0) is 8.10. The Labute approximate surface area is 67.1 Å². The third kappa shape index (κ3) is 2.13. The normalized spacial score (nSPS) is 26.4. The summed E-state index contributed by atoms with van der Waals surface area (Å²) in [6.07, 6.45) is 2.83. The molecule has 1 unspecified atom stereocenters. The maximum Gasteiger partial charge on any atom is 0.138 e. The Morgan fingerprint density at radius 3 is 3.18 bits per heavy atom. The predicted molar refractivity (Wildman–Crippen MR) is 44.5 cm³/mol. The second kappa shape index (κ2) is 4.26. The summed E-state index contributed by atoms with van der Waals surface area (Å²) in [6.45, 7) is 7.14. The van der Waals surface area contributed by atoms with Gasteiger partial charge in [-0.05, 0) is 0 Å². The molecule has 1 rings (SSSR count). The van der Waals surface area contributed by atoms with Gasteiger partial charge in [-0.2, -0.15) is 0 Å². The lowest BCUT2D eigenvalue weighted by molar-refractivity contribution is -0.112. The third-order valence-corrected chi connectivity index (χ3v) is 1.92. The van der Waals surface area contributed by atoms with Crippen LogP contribution in [0.1, 0.15) is 0 Å². The third-order valence-electron chi connectivity index (χ3n) is 1.92. The lowest BCUT2D eigenvalue weighted by Gasteiger charge is -2.31. The fourth-order valence-corrected chi connectivity index (χ4v) is 1.29. The quantitative estimate of drug-likeness (QED) is 0.445. The Balaban J connectivity index is 2.43. The van der Waals surface area contributed by atoms with Gasteiger partial charge in [-0.1, -0.05) is 6.08 Å². The number of rotatable bonds is 3. The van der Waals surface area contributed by atoms with Crippen molar-refractivity contribution < 1.29 is 4.79 Å². The highest BCUT2D eigenvalue weighted by atomic mass is 16.1. The minimum atomic E-state index is 0.0433. The van der Waals surface area contributed by atoms with E-state index in [0.717, 1.165) is 32.5 Å². The maximum atomic E-state index is 10.5. The van der Waals surface area contributed by atoms with Gasteiger partial charge in [0.1, 0.15) is 6.29 Å². The molecule has 1 N–H and O–H groups in total. The van der Waals surface area contributed by atoms with Crippen LogP contribution in [-0.4, -0.2) is 43.4 Å². The molecule has 0 spiro atoms. The molecule has 0 aromatic heterocycles. The first kappa shape index (κ1) is 8.43. The molecule has 0 saturated carbocycles. The predicted octanol–water partition coefficient (Wildman–Crippen LogP) is -0.355. The average molecular weight is 154 g/mol. The van der Waals surface area contributed by atoms with Crippen LogP contribution in [0.25, 0.3) is 0 Å². The number of hydrogen-bond donors (Lipinski definition) is 1. The van der Waals surface area contributed by atoms with E-state index in [4.69, 9.17) is 0 Å². The summed E-state index contributed by atoms with van der Waals surface area (Å²) >= 11 is 0. The SMILES string of the molecule is C=CCN1CCNCC1C=O. The fourth-order valence-electron chi connectivity index (χ4n) is 1.29. The number of carbonyl (C=O) groups is 1. The van der Waals surface area contributed by atoms with Crippen LogP contribution in [0.2, 0.25) is 0 Å². The molecular weight excluding hydrogens is 140 g/mol. The zero-order valence-corrected chi connectivity index (χ0v) is 6.62. The Hall–Kier alpha value is -0.670. The number of hydrogen-bond acceptors (Lipinski definition) is 3. The van der Waals surface area contributed by atoms with Gasteiger partial charge in [0.05, 0.1) is 6.04 Å². The van der Waals surface area contributed by atoms with Crippen LogP contribution >= 0.6 is 0 Å². The number of carbonyl (C=O) groups excluding carboxylic acids is 1. The summed E-state index contributed by atoms with van der Waals surface area (Å²) < 4.78 is 0. The molecule has 3 heteroatoms. The molecule has 1 aliphatic heterocycles. The molecular formula is C8H14N2O.